The minimum atomic E-state index is -1.42. The number of carbonyl (C=O) groups is 2. The number of aliphatic hydroxyl groups excluding tert-OH is 1. The lowest BCUT2D eigenvalue weighted by atomic mass is 9.84. The molecule has 1 heterocycles. The number of carbonyl (C=O) groups excluding carboxylic acids is 2. The zero-order valence-corrected chi connectivity index (χ0v) is 13.6. The lowest BCUT2D eigenvalue weighted by Gasteiger charge is -2.29. The molecule has 0 bridgehead atoms. The summed E-state index contributed by atoms with van der Waals surface area (Å²) in [6.07, 6.45) is 7.86. The molecule has 1 fully saturated rings. The predicted octanol–water partition coefficient (Wildman–Crippen LogP) is 0.0375. The third kappa shape index (κ3) is 4.53. The minimum absolute atomic E-state index is 0.0149. The number of primary amides is 1. The quantitative estimate of drug-likeness (QED) is 0.283. The van der Waals surface area contributed by atoms with Gasteiger partial charge in [0.05, 0.1) is 0 Å². The molecule has 0 aromatic carbocycles. The van der Waals surface area contributed by atoms with E-state index in [0.29, 0.717) is 0 Å². The highest BCUT2D eigenvalue weighted by atomic mass is 16.6. The van der Waals surface area contributed by atoms with Gasteiger partial charge in [0, 0.05) is 18.2 Å². The molecule has 7 heteroatoms. The van der Waals surface area contributed by atoms with E-state index < -0.39 is 35.7 Å². The van der Waals surface area contributed by atoms with Crippen molar-refractivity contribution in [2.75, 3.05) is 0 Å². The van der Waals surface area contributed by atoms with Crippen molar-refractivity contribution in [2.45, 2.75) is 56.5 Å². The summed E-state index contributed by atoms with van der Waals surface area (Å²) in [4.78, 5) is 22.8. The lowest BCUT2D eigenvalue weighted by molar-refractivity contribution is -0.119. The molecular formula is C17H24N2O5. The Morgan fingerprint density at radius 2 is 2.21 bits per heavy atom. The smallest absolute Gasteiger partial charge is 0.248 e. The molecule has 1 aliphatic heterocycles. The van der Waals surface area contributed by atoms with Crippen LogP contribution in [0.3, 0.4) is 0 Å². The van der Waals surface area contributed by atoms with Crippen LogP contribution in [0.1, 0.15) is 32.6 Å². The van der Waals surface area contributed by atoms with Gasteiger partial charge in [0.25, 0.3) is 0 Å². The normalized spacial score (nSPS) is 31.8. The summed E-state index contributed by atoms with van der Waals surface area (Å²) in [5.74, 6) is -0.953. The molecule has 0 saturated carbocycles. The number of hydrogen-bond donors (Lipinski definition) is 4. The van der Waals surface area contributed by atoms with Crippen LogP contribution in [0.25, 0.3) is 0 Å². The lowest BCUT2D eigenvalue weighted by Crippen LogP contribution is -2.46. The van der Waals surface area contributed by atoms with Gasteiger partial charge in [-0.15, -0.1) is 0 Å². The van der Waals surface area contributed by atoms with E-state index in [9.17, 15) is 19.8 Å². The molecular weight excluding hydrogens is 312 g/mol. The Balaban J connectivity index is 2.00. The average molecular weight is 336 g/mol. The van der Waals surface area contributed by atoms with E-state index >= 15 is 0 Å². The number of rotatable bonds is 8. The third-order valence-corrected chi connectivity index (χ3v) is 4.04. The Morgan fingerprint density at radius 3 is 2.88 bits per heavy atom. The van der Waals surface area contributed by atoms with E-state index in [-0.39, 0.29) is 18.5 Å². The second-order valence-electron chi connectivity index (χ2n) is 6.09. The van der Waals surface area contributed by atoms with Crippen LogP contribution in [0.4, 0.5) is 0 Å². The van der Waals surface area contributed by atoms with Gasteiger partial charge < -0.3 is 26.0 Å². The average Bonchev–Trinajstić information content (AvgIpc) is 3.32. The maximum absolute atomic E-state index is 11.9. The Morgan fingerprint density at radius 1 is 1.46 bits per heavy atom. The summed E-state index contributed by atoms with van der Waals surface area (Å²) in [5.41, 5.74) is 3.86. The van der Waals surface area contributed by atoms with Crippen LogP contribution in [0, 0.1) is 0 Å². The Kier molecular flexibility index (Phi) is 5.93. The predicted molar refractivity (Wildman–Crippen MR) is 87.5 cm³/mol. The van der Waals surface area contributed by atoms with E-state index in [1.165, 1.54) is 12.2 Å². The summed E-state index contributed by atoms with van der Waals surface area (Å²) in [6, 6.07) is 0. The molecule has 5 N–H and O–H groups in total. The molecule has 0 aromatic heterocycles. The highest BCUT2D eigenvalue weighted by Crippen LogP contribution is 2.44. The zero-order valence-electron chi connectivity index (χ0n) is 13.6. The number of nitrogens with one attached hydrogen (secondary N) is 1. The van der Waals surface area contributed by atoms with E-state index in [2.05, 4.69) is 12.2 Å². The molecule has 7 nitrogen and oxygen atoms in total. The highest BCUT2D eigenvalue weighted by molar-refractivity contribution is 5.89. The molecule has 2 rings (SSSR count). The molecule has 2 amide bonds. The van der Waals surface area contributed by atoms with Crippen LogP contribution >= 0.6 is 0 Å². The monoisotopic (exact) mass is 336 g/mol. The van der Waals surface area contributed by atoms with Crippen molar-refractivity contribution in [1.29, 1.82) is 0 Å². The third-order valence-electron chi connectivity index (χ3n) is 4.04. The van der Waals surface area contributed by atoms with Crippen molar-refractivity contribution >= 4 is 11.8 Å². The van der Waals surface area contributed by atoms with Gasteiger partial charge in [-0.05, 0) is 18.9 Å². The summed E-state index contributed by atoms with van der Waals surface area (Å²) >= 11 is 0. The first-order valence-corrected chi connectivity index (χ1v) is 8.08. The molecule has 1 aliphatic carbocycles. The van der Waals surface area contributed by atoms with Crippen LogP contribution in [-0.4, -0.2) is 45.9 Å². The topological polar surface area (TPSA) is 125 Å². The molecule has 4 unspecified atom stereocenters. The Hall–Kier alpha value is -1.96. The second-order valence-corrected chi connectivity index (χ2v) is 6.09. The fourth-order valence-corrected chi connectivity index (χ4v) is 2.70. The van der Waals surface area contributed by atoms with Gasteiger partial charge in [-0.3, -0.25) is 9.59 Å². The van der Waals surface area contributed by atoms with Gasteiger partial charge in [0.2, 0.25) is 11.8 Å². The number of unbranched alkanes of at least 4 members (excludes halogenated alkanes) is 1. The number of epoxide rings is 1. The molecule has 24 heavy (non-hydrogen) atoms. The first-order chi connectivity index (χ1) is 11.4. The number of ether oxygens (including phenoxy) is 1. The summed E-state index contributed by atoms with van der Waals surface area (Å²) in [5, 5.41) is 23.3. The van der Waals surface area contributed by atoms with E-state index in [1.807, 2.05) is 6.08 Å². The Bertz CT molecular complexity index is 584. The molecule has 0 spiro atoms. The molecule has 1 saturated heterocycles. The fourth-order valence-electron chi connectivity index (χ4n) is 2.70. The van der Waals surface area contributed by atoms with Crippen LogP contribution in [-0.2, 0) is 14.3 Å². The zero-order chi connectivity index (χ0) is 17.7. The number of allylic oxidation sites excluding steroid dienone is 3. The highest BCUT2D eigenvalue weighted by Gasteiger charge is 2.60. The first kappa shape index (κ1) is 18.4. The summed E-state index contributed by atoms with van der Waals surface area (Å²) in [7, 11) is 0. The van der Waals surface area contributed by atoms with Gasteiger partial charge >= 0.3 is 0 Å². The van der Waals surface area contributed by atoms with Crippen molar-refractivity contribution < 1.29 is 24.5 Å². The van der Waals surface area contributed by atoms with Crippen LogP contribution < -0.4 is 11.1 Å². The van der Waals surface area contributed by atoms with E-state index in [1.54, 1.807) is 12.2 Å². The number of fused-ring (bicyclic) bond motifs is 1. The van der Waals surface area contributed by atoms with Crippen molar-refractivity contribution in [3.05, 3.63) is 36.1 Å². The van der Waals surface area contributed by atoms with E-state index in [0.717, 1.165) is 12.8 Å². The standard InChI is InChI=1S/C17H24N2O5/c1-2-3-4-5-6-7-13(21)19-11-10-17(23,9-8-12(18)20)16-15(24-16)14(11)22/h4-7,10,14-16,22-23H,2-3,8-9H2,1H3,(H2,18,20)(H,19,21). The van der Waals surface area contributed by atoms with Crippen LogP contribution in [0.5, 0.6) is 0 Å². The number of nitrogens with two attached hydrogens (primary N) is 1. The number of hydrogen-bond acceptors (Lipinski definition) is 5. The fraction of sp³-hybridized carbons (Fsp3) is 0.529. The van der Waals surface area contributed by atoms with Gasteiger partial charge in [0.1, 0.15) is 23.9 Å². The van der Waals surface area contributed by atoms with Crippen LogP contribution in [0.2, 0.25) is 0 Å². The first-order valence-electron chi connectivity index (χ1n) is 8.08. The SMILES string of the molecule is CCCC=CC=CC(=O)NC1=CC(O)(CCC(N)=O)C2OC2C1O. The number of amides is 2. The van der Waals surface area contributed by atoms with Gasteiger partial charge in [-0.2, -0.15) is 0 Å². The van der Waals surface area contributed by atoms with Gasteiger partial charge in [-0.25, -0.2) is 0 Å². The van der Waals surface area contributed by atoms with Crippen molar-refractivity contribution in [2.24, 2.45) is 5.73 Å². The Labute approximate surface area is 140 Å². The summed E-state index contributed by atoms with van der Waals surface area (Å²) in [6.45, 7) is 2.06. The van der Waals surface area contributed by atoms with Crippen molar-refractivity contribution in [1.82, 2.24) is 5.32 Å². The summed E-state index contributed by atoms with van der Waals surface area (Å²) < 4.78 is 5.29. The second kappa shape index (κ2) is 7.74. The molecule has 2 aliphatic rings. The van der Waals surface area contributed by atoms with Crippen molar-refractivity contribution in [3.63, 3.8) is 0 Å². The van der Waals surface area contributed by atoms with E-state index in [4.69, 9.17) is 10.5 Å². The largest absolute Gasteiger partial charge is 0.384 e. The molecule has 0 radical (unpaired) electrons. The van der Waals surface area contributed by atoms with Gasteiger partial charge in [-0.1, -0.05) is 31.6 Å². The maximum atomic E-state index is 11.9. The molecule has 132 valence electrons. The number of aliphatic hydroxyl groups is 2. The molecule has 4 atom stereocenters. The van der Waals surface area contributed by atoms with Gasteiger partial charge in [0.15, 0.2) is 0 Å². The maximum Gasteiger partial charge on any atom is 0.248 e. The van der Waals surface area contributed by atoms with Crippen molar-refractivity contribution in [3.8, 4) is 0 Å². The molecule has 0 aromatic rings. The minimum Gasteiger partial charge on any atom is -0.384 e. The van der Waals surface area contributed by atoms with Crippen LogP contribution in [0.15, 0.2) is 36.1 Å².